The van der Waals surface area contributed by atoms with E-state index >= 15 is 0 Å². The lowest BCUT2D eigenvalue weighted by Gasteiger charge is -2.16. The molecule has 46 heavy (non-hydrogen) atoms. The van der Waals surface area contributed by atoms with Crippen molar-refractivity contribution in [3.05, 3.63) is 69.2 Å². The number of amides is 2. The van der Waals surface area contributed by atoms with Gasteiger partial charge in [-0.1, -0.05) is 29.3 Å². The number of fused-ring (bicyclic) bond motifs is 1. The lowest BCUT2D eigenvalue weighted by molar-refractivity contribution is -0.205. The lowest BCUT2D eigenvalue weighted by atomic mass is 10.2. The van der Waals surface area contributed by atoms with Crippen molar-refractivity contribution in [3.8, 4) is 5.88 Å². The molecule has 2 aromatic carbocycles. The van der Waals surface area contributed by atoms with Gasteiger partial charge in [0, 0.05) is 12.2 Å². The molecule has 2 aromatic heterocycles. The number of anilines is 3. The van der Waals surface area contributed by atoms with Gasteiger partial charge in [0.25, 0.3) is 18.2 Å². The van der Waals surface area contributed by atoms with Gasteiger partial charge in [-0.15, -0.1) is 0 Å². The number of nitrogens with one attached hydrogen (secondary N) is 4. The molecular formula is C26H18Cl2F8N6O4. The zero-order valence-corrected chi connectivity index (χ0v) is 24.0. The van der Waals surface area contributed by atoms with Crippen LogP contribution in [0.1, 0.15) is 21.5 Å². The number of aliphatic hydroxyl groups is 1. The Labute approximate surface area is 262 Å². The third-order valence-corrected chi connectivity index (χ3v) is 6.67. The minimum atomic E-state index is -5.19. The van der Waals surface area contributed by atoms with Crippen LogP contribution in [-0.2, 0) is 17.5 Å². The van der Waals surface area contributed by atoms with Crippen LogP contribution in [0.2, 0.25) is 10.0 Å². The molecule has 1 atom stereocenters. The summed E-state index contributed by atoms with van der Waals surface area (Å²) in [5.41, 5.74) is -1.50. The molecular weight excluding hydrogens is 683 g/mol. The van der Waals surface area contributed by atoms with Crippen molar-refractivity contribution >= 4 is 63.5 Å². The fourth-order valence-corrected chi connectivity index (χ4v) is 4.27. The fraction of sp³-hybridized carbons (Fsp3) is 0.231. The first-order valence-corrected chi connectivity index (χ1v) is 13.3. The maximum absolute atomic E-state index is 13.0. The molecule has 0 bridgehead atoms. The predicted molar refractivity (Wildman–Crippen MR) is 148 cm³/mol. The van der Waals surface area contributed by atoms with E-state index in [-0.39, 0.29) is 44.1 Å². The van der Waals surface area contributed by atoms with Gasteiger partial charge in [0.1, 0.15) is 5.56 Å². The number of nitrogens with zero attached hydrogens (tertiary/aromatic N) is 2. The van der Waals surface area contributed by atoms with E-state index in [0.717, 1.165) is 30.3 Å². The molecule has 0 fully saturated rings. The summed E-state index contributed by atoms with van der Waals surface area (Å²) < 4.78 is 107. The molecule has 2 heterocycles. The molecule has 246 valence electrons. The van der Waals surface area contributed by atoms with Crippen molar-refractivity contribution in [1.82, 2.24) is 20.3 Å². The van der Waals surface area contributed by atoms with Crippen LogP contribution >= 0.6 is 23.2 Å². The lowest BCUT2D eigenvalue weighted by Crippen LogP contribution is -2.43. The number of carbonyl (C=O) groups excluding carboxylic acids is 2. The highest BCUT2D eigenvalue weighted by molar-refractivity contribution is 6.39. The Hall–Kier alpha value is -4.42. The Balaban J connectivity index is 1.60. The van der Waals surface area contributed by atoms with Gasteiger partial charge in [-0.3, -0.25) is 9.59 Å². The van der Waals surface area contributed by atoms with Crippen LogP contribution in [0, 0.1) is 0 Å². The zero-order valence-electron chi connectivity index (χ0n) is 22.5. The third kappa shape index (κ3) is 8.24. The van der Waals surface area contributed by atoms with Crippen molar-refractivity contribution < 1.29 is 54.6 Å². The molecule has 0 aliphatic rings. The van der Waals surface area contributed by atoms with E-state index in [1.54, 1.807) is 0 Å². The van der Waals surface area contributed by atoms with Crippen LogP contribution in [0.4, 0.5) is 52.4 Å². The van der Waals surface area contributed by atoms with Gasteiger partial charge in [-0.25, -0.2) is 8.78 Å². The smallest absolute Gasteiger partial charge is 0.423 e. The molecule has 0 aliphatic carbocycles. The van der Waals surface area contributed by atoms with Crippen LogP contribution in [0.15, 0.2) is 42.5 Å². The summed E-state index contributed by atoms with van der Waals surface area (Å²) in [6, 6.07) is 7.13. The van der Waals surface area contributed by atoms with Gasteiger partial charge in [-0.05, 0) is 42.0 Å². The van der Waals surface area contributed by atoms with E-state index < -0.39 is 66.9 Å². The molecule has 0 spiro atoms. The highest BCUT2D eigenvalue weighted by Gasteiger charge is 2.43. The largest absolute Gasteiger partial charge is 0.471 e. The Kier molecular flexibility index (Phi) is 10.1. The van der Waals surface area contributed by atoms with Crippen molar-refractivity contribution in [2.75, 3.05) is 17.2 Å². The van der Waals surface area contributed by atoms with Crippen LogP contribution < -0.4 is 20.7 Å². The molecule has 20 heteroatoms. The first kappa shape index (κ1) is 34.5. The quantitative estimate of drug-likeness (QED) is 0.120. The number of ether oxygens (including phenoxy) is 1. The molecule has 10 nitrogen and oxygen atoms in total. The number of aromatic amines is 1. The average Bonchev–Trinajstić information content (AvgIpc) is 3.37. The zero-order chi connectivity index (χ0) is 34.0. The van der Waals surface area contributed by atoms with Gasteiger partial charge < -0.3 is 30.8 Å². The van der Waals surface area contributed by atoms with Gasteiger partial charge in [0.05, 0.1) is 26.8 Å². The van der Waals surface area contributed by atoms with E-state index in [9.17, 15) is 44.7 Å². The number of rotatable bonds is 10. The van der Waals surface area contributed by atoms with E-state index in [1.807, 2.05) is 5.32 Å². The third-order valence-electron chi connectivity index (χ3n) is 5.92. The highest BCUT2D eigenvalue weighted by atomic mass is 35.5. The van der Waals surface area contributed by atoms with Gasteiger partial charge >= 0.3 is 12.4 Å². The molecule has 4 aromatic rings. The summed E-state index contributed by atoms with van der Waals surface area (Å²) in [6.07, 6.45) is -16.0. The van der Waals surface area contributed by atoms with Gasteiger partial charge in [0.2, 0.25) is 17.9 Å². The number of hydrogen-bond donors (Lipinski definition) is 5. The Morgan fingerprint density at radius 1 is 1.00 bits per heavy atom. The number of aliphatic hydroxyl groups excluding tert-OH is 1. The number of pyridine rings is 1. The second-order valence-electron chi connectivity index (χ2n) is 9.21. The first-order valence-electron chi connectivity index (χ1n) is 12.5. The number of benzene rings is 2. The monoisotopic (exact) mass is 700 g/mol. The summed E-state index contributed by atoms with van der Waals surface area (Å²) in [7, 11) is 0. The first-order chi connectivity index (χ1) is 21.4. The van der Waals surface area contributed by atoms with Crippen molar-refractivity contribution in [2.24, 2.45) is 0 Å². The fourth-order valence-electron chi connectivity index (χ4n) is 3.73. The number of imidazole rings is 1. The van der Waals surface area contributed by atoms with E-state index in [1.165, 1.54) is 12.1 Å². The summed E-state index contributed by atoms with van der Waals surface area (Å²) in [6.45, 7) is -1.70. The maximum Gasteiger partial charge on any atom is 0.423 e. The molecule has 2 amide bonds. The molecule has 0 radical (unpaired) electrons. The van der Waals surface area contributed by atoms with Gasteiger partial charge in [-0.2, -0.15) is 36.3 Å². The van der Waals surface area contributed by atoms with Crippen LogP contribution in [-0.4, -0.2) is 57.2 Å². The van der Waals surface area contributed by atoms with Crippen molar-refractivity contribution in [1.29, 1.82) is 0 Å². The normalized spacial score (nSPS) is 12.7. The van der Waals surface area contributed by atoms with Crippen molar-refractivity contribution in [3.63, 3.8) is 0 Å². The minimum absolute atomic E-state index is 0.0126. The average molecular weight is 701 g/mol. The molecule has 4 rings (SSSR count). The minimum Gasteiger partial charge on any atom is -0.471 e. The highest BCUT2D eigenvalue weighted by Crippen LogP contribution is 2.36. The molecule has 1 unspecified atom stereocenters. The SMILES string of the molecule is O=C(Nc1ccc(C(F)(F)F)cc1)c1cc2[nH]c(Nc3c(Cl)ccc(CNC(=O)C(O)C(F)(F)F)c3Cl)nc2nc1OCC(F)F. The molecule has 0 saturated heterocycles. The summed E-state index contributed by atoms with van der Waals surface area (Å²) in [5.74, 6) is -3.40. The van der Waals surface area contributed by atoms with Crippen LogP contribution in [0.3, 0.4) is 0 Å². The molecule has 0 saturated carbocycles. The Morgan fingerprint density at radius 3 is 2.28 bits per heavy atom. The number of aromatic nitrogens is 3. The number of H-pyrrole nitrogens is 1. The van der Waals surface area contributed by atoms with Gasteiger partial charge in [0.15, 0.2) is 12.3 Å². The Morgan fingerprint density at radius 2 is 1.67 bits per heavy atom. The van der Waals surface area contributed by atoms with Crippen LogP contribution in [0.25, 0.3) is 11.2 Å². The second kappa shape index (κ2) is 13.5. The summed E-state index contributed by atoms with van der Waals surface area (Å²) in [5, 5.41) is 15.8. The van der Waals surface area contributed by atoms with E-state index in [0.29, 0.717) is 0 Å². The van der Waals surface area contributed by atoms with E-state index in [4.69, 9.17) is 33.0 Å². The van der Waals surface area contributed by atoms with Crippen molar-refractivity contribution in [2.45, 2.75) is 31.4 Å². The number of hydrogen-bond acceptors (Lipinski definition) is 7. The molecule has 0 aliphatic heterocycles. The number of halogens is 10. The predicted octanol–water partition coefficient (Wildman–Crippen LogP) is 6.46. The maximum atomic E-state index is 13.0. The number of alkyl halides is 8. The Bertz CT molecular complexity index is 1750. The topological polar surface area (TPSA) is 141 Å². The summed E-state index contributed by atoms with van der Waals surface area (Å²) in [4.78, 5) is 35.5. The second-order valence-corrected chi connectivity index (χ2v) is 10.00. The number of carbonyl (C=O) groups is 2. The van der Waals surface area contributed by atoms with Crippen LogP contribution in [0.5, 0.6) is 5.88 Å². The standard InChI is InChI=1S/C26H18Cl2F8N6O4/c27-14-6-1-10(8-37-22(45)19(43)26(34,35)36)17(28)18(14)40-24-39-15-7-13(23(41-20(15)42-24)46-9-16(29)30)21(44)38-12-4-2-11(3-5-12)25(31,32)33/h1-7,16,19,43H,8-9H2,(H,37,45)(H,38,44)(H2,39,40,41,42). The van der Waals surface area contributed by atoms with E-state index in [2.05, 4.69) is 25.6 Å². The summed E-state index contributed by atoms with van der Waals surface area (Å²) >= 11 is 12.6. The molecule has 5 N–H and O–H groups in total.